The van der Waals surface area contributed by atoms with E-state index < -0.39 is 0 Å². The molecule has 1 fully saturated rings. The monoisotopic (exact) mass is 330 g/mol. The lowest BCUT2D eigenvalue weighted by molar-refractivity contribution is -0.144. The Hall–Kier alpha value is -2.25. The van der Waals surface area contributed by atoms with Gasteiger partial charge < -0.3 is 18.9 Å². The molecule has 128 valence electrons. The minimum absolute atomic E-state index is 0.0152. The number of aromatic nitrogens is 3. The Morgan fingerprint density at radius 1 is 1.38 bits per heavy atom. The maximum atomic E-state index is 12.3. The van der Waals surface area contributed by atoms with Crippen LogP contribution >= 0.6 is 0 Å². The molecule has 1 aliphatic rings. The van der Waals surface area contributed by atoms with Crippen molar-refractivity contribution < 1.29 is 14.3 Å². The van der Waals surface area contributed by atoms with Gasteiger partial charge >= 0.3 is 0 Å². The van der Waals surface area contributed by atoms with E-state index in [-0.39, 0.29) is 18.6 Å². The number of hydrogen-bond acceptors (Lipinski definition) is 5. The summed E-state index contributed by atoms with van der Waals surface area (Å²) >= 11 is 0. The van der Waals surface area contributed by atoms with Crippen LogP contribution in [0.15, 0.2) is 36.7 Å². The molecule has 2 aromatic rings. The normalized spacial score (nSPS) is 17.9. The van der Waals surface area contributed by atoms with E-state index >= 15 is 0 Å². The fourth-order valence-electron chi connectivity index (χ4n) is 2.70. The van der Waals surface area contributed by atoms with E-state index in [1.807, 2.05) is 29.8 Å². The van der Waals surface area contributed by atoms with Gasteiger partial charge in [0.1, 0.15) is 19.0 Å². The largest absolute Gasteiger partial charge is 0.371 e. The number of morpholine rings is 1. The molecule has 0 saturated carbocycles. The molecular weight excluding hydrogens is 308 g/mol. The van der Waals surface area contributed by atoms with Gasteiger partial charge in [0.25, 0.3) is 0 Å². The average Bonchev–Trinajstić information content (AvgIpc) is 3.05. The van der Waals surface area contributed by atoms with Crippen molar-refractivity contribution in [1.29, 1.82) is 0 Å². The second-order valence-corrected chi connectivity index (χ2v) is 5.79. The molecule has 2 heterocycles. The lowest BCUT2D eigenvalue weighted by atomic mass is 10.2. The van der Waals surface area contributed by atoms with Crippen LogP contribution in [0.3, 0.4) is 0 Å². The first-order valence-electron chi connectivity index (χ1n) is 8.09. The Labute approximate surface area is 141 Å². The predicted octanol–water partition coefficient (Wildman–Crippen LogP) is 0.974. The zero-order valence-corrected chi connectivity index (χ0v) is 13.8. The molecule has 1 saturated heterocycles. The van der Waals surface area contributed by atoms with Crippen molar-refractivity contribution in [3.63, 3.8) is 0 Å². The van der Waals surface area contributed by atoms with E-state index in [2.05, 4.69) is 22.3 Å². The van der Waals surface area contributed by atoms with Crippen molar-refractivity contribution in [2.24, 2.45) is 7.05 Å². The zero-order chi connectivity index (χ0) is 16.8. The topological polar surface area (TPSA) is 69.5 Å². The van der Waals surface area contributed by atoms with Crippen molar-refractivity contribution in [2.75, 3.05) is 32.9 Å². The van der Waals surface area contributed by atoms with E-state index in [9.17, 15) is 4.79 Å². The van der Waals surface area contributed by atoms with Gasteiger partial charge in [0.15, 0.2) is 5.82 Å². The van der Waals surface area contributed by atoms with Crippen molar-refractivity contribution in [1.82, 2.24) is 19.7 Å². The van der Waals surface area contributed by atoms with Gasteiger partial charge in [-0.25, -0.2) is 0 Å². The van der Waals surface area contributed by atoms with Gasteiger partial charge in [0, 0.05) is 13.6 Å². The van der Waals surface area contributed by atoms with E-state index in [0.29, 0.717) is 26.3 Å². The summed E-state index contributed by atoms with van der Waals surface area (Å²) in [7, 11) is 1.87. The van der Waals surface area contributed by atoms with Crippen LogP contribution in [-0.2, 0) is 27.7 Å². The molecule has 0 unspecified atom stereocenters. The van der Waals surface area contributed by atoms with Gasteiger partial charge in [-0.1, -0.05) is 30.3 Å². The average molecular weight is 330 g/mol. The minimum Gasteiger partial charge on any atom is -0.371 e. The second kappa shape index (κ2) is 8.03. The highest BCUT2D eigenvalue weighted by atomic mass is 16.5. The quantitative estimate of drug-likeness (QED) is 0.738. The minimum atomic E-state index is -0.237. The van der Waals surface area contributed by atoms with E-state index in [4.69, 9.17) is 9.47 Å². The molecule has 0 bridgehead atoms. The molecular formula is C17H22N4O3. The number of carbonyl (C=O) groups excluding carboxylic acids is 1. The number of hydrogen-bond donors (Lipinski definition) is 0. The van der Waals surface area contributed by atoms with E-state index in [1.54, 1.807) is 11.2 Å². The fourth-order valence-corrected chi connectivity index (χ4v) is 2.70. The third-order valence-corrected chi connectivity index (χ3v) is 4.06. The number of amides is 1. The number of ether oxygens (including phenoxy) is 2. The molecule has 1 aromatic heterocycles. The molecule has 0 spiro atoms. The molecule has 0 N–H and O–H groups in total. The van der Waals surface area contributed by atoms with Crippen LogP contribution in [0.2, 0.25) is 0 Å². The molecule has 3 rings (SSSR count). The van der Waals surface area contributed by atoms with Gasteiger partial charge in [-0.15, -0.1) is 10.2 Å². The number of benzene rings is 1. The van der Waals surface area contributed by atoms with Gasteiger partial charge in [0.05, 0.1) is 19.8 Å². The Morgan fingerprint density at radius 2 is 2.21 bits per heavy atom. The molecule has 1 atom stereocenters. The van der Waals surface area contributed by atoms with Crippen LogP contribution in [0.4, 0.5) is 0 Å². The number of nitrogens with zero attached hydrogens (tertiary/aromatic N) is 4. The summed E-state index contributed by atoms with van der Waals surface area (Å²) in [5.41, 5.74) is 1.21. The second-order valence-electron chi connectivity index (χ2n) is 5.79. The summed E-state index contributed by atoms with van der Waals surface area (Å²) in [4.78, 5) is 14.1. The lowest BCUT2D eigenvalue weighted by Gasteiger charge is -2.32. The molecule has 7 heteroatoms. The first-order valence-corrected chi connectivity index (χ1v) is 8.09. The molecule has 7 nitrogen and oxygen atoms in total. The van der Waals surface area contributed by atoms with Crippen LogP contribution in [0.25, 0.3) is 0 Å². The van der Waals surface area contributed by atoms with Gasteiger partial charge in [-0.2, -0.15) is 0 Å². The number of carbonyl (C=O) groups is 1. The van der Waals surface area contributed by atoms with Gasteiger partial charge in [0.2, 0.25) is 5.91 Å². The zero-order valence-electron chi connectivity index (χ0n) is 13.8. The lowest BCUT2D eigenvalue weighted by Crippen LogP contribution is -2.44. The van der Waals surface area contributed by atoms with Crippen LogP contribution in [0, 0.1) is 0 Å². The third-order valence-electron chi connectivity index (χ3n) is 4.06. The maximum Gasteiger partial charge on any atom is 0.248 e. The highest BCUT2D eigenvalue weighted by Gasteiger charge is 2.28. The Balaban J connectivity index is 1.44. The third kappa shape index (κ3) is 4.18. The summed E-state index contributed by atoms with van der Waals surface area (Å²) in [5, 5.41) is 7.92. The molecule has 0 aliphatic carbocycles. The SMILES string of the molecule is Cn1cnnc1[C@H]1CN(C(=O)COCCc2ccccc2)CCO1. The van der Waals surface area contributed by atoms with E-state index in [0.717, 1.165) is 12.2 Å². The standard InChI is InChI=1S/C17H22N4O3/c1-20-13-18-19-17(20)15-11-21(8-10-24-15)16(22)12-23-9-7-14-5-3-2-4-6-14/h2-6,13,15H,7-12H2,1H3/t15-/m1/s1. The molecule has 1 aromatic carbocycles. The fraction of sp³-hybridized carbons (Fsp3) is 0.471. The summed E-state index contributed by atoms with van der Waals surface area (Å²) in [5.74, 6) is 0.719. The van der Waals surface area contributed by atoms with Crippen LogP contribution in [0.1, 0.15) is 17.5 Å². The highest BCUT2D eigenvalue weighted by molar-refractivity contribution is 5.77. The first-order chi connectivity index (χ1) is 11.7. The summed E-state index contributed by atoms with van der Waals surface area (Å²) in [6.07, 6.45) is 2.20. The maximum absolute atomic E-state index is 12.3. The first kappa shape index (κ1) is 16.6. The van der Waals surface area contributed by atoms with Gasteiger partial charge in [-0.05, 0) is 12.0 Å². The summed E-state index contributed by atoms with van der Waals surface area (Å²) in [6, 6.07) is 10.1. The van der Waals surface area contributed by atoms with Crippen LogP contribution < -0.4 is 0 Å². The van der Waals surface area contributed by atoms with Crippen molar-refractivity contribution in [2.45, 2.75) is 12.5 Å². The Morgan fingerprint density at radius 3 is 2.96 bits per heavy atom. The number of rotatable bonds is 6. The summed E-state index contributed by atoms with van der Waals surface area (Å²) < 4.78 is 13.1. The molecule has 0 radical (unpaired) electrons. The van der Waals surface area contributed by atoms with E-state index in [1.165, 1.54) is 5.56 Å². The Bertz CT molecular complexity index is 659. The molecule has 24 heavy (non-hydrogen) atoms. The van der Waals surface area contributed by atoms with Crippen LogP contribution in [-0.4, -0.2) is 58.5 Å². The molecule has 1 amide bonds. The van der Waals surface area contributed by atoms with Crippen molar-refractivity contribution in [3.8, 4) is 0 Å². The Kier molecular flexibility index (Phi) is 5.55. The number of aryl methyl sites for hydroxylation is 1. The molecule has 1 aliphatic heterocycles. The summed E-state index contributed by atoms with van der Waals surface area (Å²) in [6.45, 7) is 2.18. The predicted molar refractivity (Wildman–Crippen MR) is 87.2 cm³/mol. The van der Waals surface area contributed by atoms with Crippen LogP contribution in [0.5, 0.6) is 0 Å². The van der Waals surface area contributed by atoms with Gasteiger partial charge in [-0.3, -0.25) is 4.79 Å². The van der Waals surface area contributed by atoms with Crippen molar-refractivity contribution >= 4 is 5.91 Å². The van der Waals surface area contributed by atoms with Crippen molar-refractivity contribution in [3.05, 3.63) is 48.0 Å². The smallest absolute Gasteiger partial charge is 0.248 e. The highest BCUT2D eigenvalue weighted by Crippen LogP contribution is 2.19.